The highest BCUT2D eigenvalue weighted by molar-refractivity contribution is 6.66. The van der Waals surface area contributed by atoms with Gasteiger partial charge in [0.15, 0.2) is 5.78 Å². The molecule has 0 aliphatic carbocycles. The van der Waals surface area contributed by atoms with Crippen LogP contribution in [0, 0.1) is 0 Å². The molecule has 0 bridgehead atoms. The molecule has 6 heteroatoms. The van der Waals surface area contributed by atoms with E-state index in [1.807, 2.05) is 20.4 Å². The average Bonchev–Trinajstić information content (AvgIpc) is 2.28. The Balaban J connectivity index is 4.01. The van der Waals surface area contributed by atoms with Crippen LogP contribution in [0.25, 0.3) is 0 Å². The zero-order valence-corrected chi connectivity index (χ0v) is 11.9. The number of hydrogen-bond acceptors (Lipinski definition) is 5. The summed E-state index contributed by atoms with van der Waals surface area (Å²) in [5.41, 5.74) is 0. The number of rotatable bonds is 10. The van der Waals surface area contributed by atoms with Gasteiger partial charge in [0.1, 0.15) is 6.10 Å². The predicted octanol–water partition coefficient (Wildman–Crippen LogP) is 0.834. The van der Waals surface area contributed by atoms with Crippen molar-refractivity contribution in [3.63, 3.8) is 0 Å². The largest absolute Gasteiger partial charge is 0.395 e. The maximum absolute atomic E-state index is 11.3. The lowest BCUT2D eigenvalue weighted by Gasteiger charge is -2.25. The molecule has 1 unspecified atom stereocenters. The fourth-order valence-corrected chi connectivity index (χ4v) is 4.06. The zero-order chi connectivity index (χ0) is 13.3. The molecule has 0 amide bonds. The van der Waals surface area contributed by atoms with Crippen molar-refractivity contribution in [3.05, 3.63) is 0 Å². The van der Waals surface area contributed by atoms with Crippen LogP contribution in [0.5, 0.6) is 0 Å². The molecule has 0 aromatic heterocycles. The van der Waals surface area contributed by atoms with Crippen molar-refractivity contribution < 1.29 is 23.9 Å². The maximum atomic E-state index is 11.3. The number of aliphatic hydroxyl groups is 2. The molecule has 0 saturated heterocycles. The molecule has 0 fully saturated rings. The Bertz CT molecular complexity index is 216. The molecule has 0 aliphatic heterocycles. The molecule has 102 valence electrons. The first-order valence-electron chi connectivity index (χ1n) is 6.08. The van der Waals surface area contributed by atoms with E-state index in [-0.39, 0.29) is 12.2 Å². The third-order valence-corrected chi connectivity index (χ3v) is 5.56. The van der Waals surface area contributed by atoms with Crippen LogP contribution in [0.1, 0.15) is 26.7 Å². The fraction of sp³-hybridized carbons (Fsp3) is 0.909. The summed E-state index contributed by atoms with van der Waals surface area (Å²) in [4.78, 5) is 11.3. The Morgan fingerprint density at radius 3 is 2.24 bits per heavy atom. The number of aliphatic hydroxyl groups excluding tert-OH is 2. The minimum atomic E-state index is -2.16. The van der Waals surface area contributed by atoms with Gasteiger partial charge in [-0.1, -0.05) is 0 Å². The second-order valence-corrected chi connectivity index (χ2v) is 7.36. The monoisotopic (exact) mass is 264 g/mol. The van der Waals surface area contributed by atoms with Gasteiger partial charge in [-0.25, -0.2) is 0 Å². The van der Waals surface area contributed by atoms with Crippen LogP contribution in [0.2, 0.25) is 12.6 Å². The van der Waals surface area contributed by atoms with Crippen molar-refractivity contribution in [2.24, 2.45) is 0 Å². The standard InChI is InChI=1S/C11H24O5Si/c1-4-15-17(3,16-5-2)8-6-7-10(13)11(14)9-12/h11-12,14H,4-9H2,1-3H3. The lowest BCUT2D eigenvalue weighted by molar-refractivity contribution is -0.128. The molecule has 1 atom stereocenters. The van der Waals surface area contributed by atoms with Crippen molar-refractivity contribution in [1.82, 2.24) is 0 Å². The van der Waals surface area contributed by atoms with E-state index < -0.39 is 21.3 Å². The van der Waals surface area contributed by atoms with Crippen LogP contribution in [0.3, 0.4) is 0 Å². The Labute approximate surface area is 104 Å². The highest BCUT2D eigenvalue weighted by Crippen LogP contribution is 2.17. The van der Waals surface area contributed by atoms with Gasteiger partial charge >= 0.3 is 8.56 Å². The van der Waals surface area contributed by atoms with Gasteiger partial charge in [0.05, 0.1) is 6.61 Å². The number of carbonyl (C=O) groups excluding carboxylic acids is 1. The summed E-state index contributed by atoms with van der Waals surface area (Å²) in [6, 6.07) is 0.721. The molecular formula is C11H24O5Si. The summed E-state index contributed by atoms with van der Waals surface area (Å²) in [5.74, 6) is -0.322. The molecule has 0 heterocycles. The van der Waals surface area contributed by atoms with Gasteiger partial charge in [0.25, 0.3) is 0 Å². The SMILES string of the molecule is CCO[Si](C)(CCCC(=O)C(O)CO)OCC. The number of ketones is 1. The third kappa shape index (κ3) is 6.90. The first kappa shape index (κ1) is 16.7. The van der Waals surface area contributed by atoms with Gasteiger partial charge in [-0.15, -0.1) is 0 Å². The Morgan fingerprint density at radius 1 is 1.29 bits per heavy atom. The molecule has 2 N–H and O–H groups in total. The smallest absolute Gasteiger partial charge is 0.334 e. The van der Waals surface area contributed by atoms with Crippen molar-refractivity contribution >= 4 is 14.3 Å². The van der Waals surface area contributed by atoms with Crippen LogP contribution in [-0.2, 0) is 13.6 Å². The highest BCUT2D eigenvalue weighted by atomic mass is 28.4. The highest BCUT2D eigenvalue weighted by Gasteiger charge is 2.30. The normalized spacial score (nSPS) is 13.7. The van der Waals surface area contributed by atoms with Gasteiger partial charge in [-0.3, -0.25) is 4.79 Å². The average molecular weight is 264 g/mol. The molecule has 5 nitrogen and oxygen atoms in total. The quantitative estimate of drug-likeness (QED) is 0.572. The molecule has 0 aromatic rings. The summed E-state index contributed by atoms with van der Waals surface area (Å²) in [6.45, 7) is 6.53. The minimum absolute atomic E-state index is 0.254. The van der Waals surface area contributed by atoms with Crippen LogP contribution in [0.4, 0.5) is 0 Å². The summed E-state index contributed by atoms with van der Waals surface area (Å²) in [6.07, 6.45) is -0.370. The fourth-order valence-electron chi connectivity index (χ4n) is 1.65. The molecule has 0 spiro atoms. The lowest BCUT2D eigenvalue weighted by atomic mass is 10.1. The van der Waals surface area contributed by atoms with Crippen molar-refractivity contribution in [1.29, 1.82) is 0 Å². The summed E-state index contributed by atoms with van der Waals surface area (Å²) in [7, 11) is -2.16. The first-order chi connectivity index (χ1) is 7.99. The van der Waals surface area contributed by atoms with E-state index in [1.54, 1.807) is 0 Å². The van der Waals surface area contributed by atoms with Gasteiger partial charge in [0, 0.05) is 19.6 Å². The van der Waals surface area contributed by atoms with Crippen molar-refractivity contribution in [2.75, 3.05) is 19.8 Å². The Hall–Kier alpha value is -0.273. The third-order valence-electron chi connectivity index (χ3n) is 2.50. The summed E-state index contributed by atoms with van der Waals surface area (Å²) in [5, 5.41) is 17.7. The lowest BCUT2D eigenvalue weighted by Crippen LogP contribution is -2.39. The molecular weight excluding hydrogens is 240 g/mol. The topological polar surface area (TPSA) is 76.0 Å². The molecule has 0 aliphatic rings. The van der Waals surface area contributed by atoms with E-state index in [2.05, 4.69) is 0 Å². The van der Waals surface area contributed by atoms with Gasteiger partial charge in [0.2, 0.25) is 0 Å². The second-order valence-electron chi connectivity index (χ2n) is 4.02. The molecule has 0 radical (unpaired) electrons. The van der Waals surface area contributed by atoms with Crippen LogP contribution in [-0.4, -0.2) is 50.5 Å². The minimum Gasteiger partial charge on any atom is -0.395 e. The Kier molecular flexibility index (Phi) is 8.62. The molecule has 0 rings (SSSR count). The molecule has 0 aromatic carbocycles. The maximum Gasteiger partial charge on any atom is 0.334 e. The van der Waals surface area contributed by atoms with Crippen molar-refractivity contribution in [2.45, 2.75) is 45.4 Å². The molecule has 0 saturated carbocycles. The van der Waals surface area contributed by atoms with Gasteiger partial charge in [-0.05, 0) is 32.9 Å². The number of Topliss-reactive ketones (excluding diaryl/α,β-unsaturated/α-hetero) is 1. The van der Waals surface area contributed by atoms with Crippen molar-refractivity contribution in [3.8, 4) is 0 Å². The number of hydrogen-bond donors (Lipinski definition) is 2. The zero-order valence-electron chi connectivity index (χ0n) is 10.9. The van der Waals surface area contributed by atoms with E-state index in [1.165, 1.54) is 0 Å². The van der Waals surface area contributed by atoms with Crippen LogP contribution in [0.15, 0.2) is 0 Å². The van der Waals surface area contributed by atoms with Crippen LogP contribution >= 0.6 is 0 Å². The van der Waals surface area contributed by atoms with E-state index in [4.69, 9.17) is 19.1 Å². The summed E-state index contributed by atoms with van der Waals surface area (Å²) >= 11 is 0. The van der Waals surface area contributed by atoms with E-state index in [0.717, 1.165) is 6.04 Å². The Morgan fingerprint density at radius 2 is 1.82 bits per heavy atom. The predicted molar refractivity (Wildman–Crippen MR) is 67.0 cm³/mol. The van der Waals surface area contributed by atoms with Gasteiger partial charge < -0.3 is 19.1 Å². The second kappa shape index (κ2) is 8.76. The first-order valence-corrected chi connectivity index (χ1v) is 8.61. The molecule has 17 heavy (non-hydrogen) atoms. The van der Waals surface area contributed by atoms with E-state index in [9.17, 15) is 4.79 Å². The number of carbonyl (C=O) groups is 1. The van der Waals surface area contributed by atoms with E-state index >= 15 is 0 Å². The van der Waals surface area contributed by atoms with Crippen LogP contribution < -0.4 is 0 Å². The van der Waals surface area contributed by atoms with E-state index in [0.29, 0.717) is 19.6 Å². The van der Waals surface area contributed by atoms with Gasteiger partial charge in [-0.2, -0.15) is 0 Å². The summed E-state index contributed by atoms with van der Waals surface area (Å²) < 4.78 is 11.3.